The third-order valence-electron chi connectivity index (χ3n) is 5.17. The minimum Gasteiger partial charge on any atom is -0.198 e. The van der Waals surface area contributed by atoms with Crippen molar-refractivity contribution in [3.63, 3.8) is 0 Å². The van der Waals surface area contributed by atoms with Crippen LogP contribution in [0.2, 0.25) is 0 Å². The molecule has 3 atom stereocenters. The molecule has 0 aromatic heterocycles. The van der Waals surface area contributed by atoms with Crippen molar-refractivity contribution < 1.29 is 0 Å². The standard InChI is InChI=1S/C13H19N/c14-9-13(5-1-2-6-13)12-8-10-3-4-11(12)7-10/h10-12H,1-8H2. The summed E-state index contributed by atoms with van der Waals surface area (Å²) >= 11 is 0. The summed E-state index contributed by atoms with van der Waals surface area (Å²) in [6, 6.07) is 2.70. The van der Waals surface area contributed by atoms with Gasteiger partial charge in [0.1, 0.15) is 0 Å². The van der Waals surface area contributed by atoms with E-state index in [9.17, 15) is 5.26 Å². The highest BCUT2D eigenvalue weighted by molar-refractivity contribution is 5.10. The van der Waals surface area contributed by atoms with E-state index in [4.69, 9.17) is 0 Å². The van der Waals surface area contributed by atoms with Gasteiger partial charge in [0.05, 0.1) is 11.5 Å². The second kappa shape index (κ2) is 2.99. The Labute approximate surface area is 86.5 Å². The zero-order valence-electron chi connectivity index (χ0n) is 8.84. The molecule has 0 N–H and O–H groups in total. The van der Waals surface area contributed by atoms with E-state index in [0.717, 1.165) is 17.8 Å². The summed E-state index contributed by atoms with van der Waals surface area (Å²) in [4.78, 5) is 0. The number of hydrogen-bond acceptors (Lipinski definition) is 1. The lowest BCUT2D eigenvalue weighted by molar-refractivity contribution is 0.165. The van der Waals surface area contributed by atoms with Crippen LogP contribution in [0.15, 0.2) is 0 Å². The Kier molecular flexibility index (Phi) is 1.87. The summed E-state index contributed by atoms with van der Waals surface area (Å²) in [5, 5.41) is 9.46. The smallest absolute Gasteiger partial charge is 0.0692 e. The van der Waals surface area contributed by atoms with Crippen LogP contribution in [0.5, 0.6) is 0 Å². The Morgan fingerprint density at radius 1 is 1.07 bits per heavy atom. The largest absolute Gasteiger partial charge is 0.198 e. The zero-order chi connectivity index (χ0) is 9.60. The molecule has 0 aromatic carbocycles. The first-order chi connectivity index (χ1) is 6.84. The van der Waals surface area contributed by atoms with E-state index in [1.165, 1.54) is 51.4 Å². The molecule has 0 aromatic rings. The lowest BCUT2D eigenvalue weighted by Crippen LogP contribution is -2.30. The Bertz CT molecular complexity index is 269. The van der Waals surface area contributed by atoms with E-state index in [1.807, 2.05) is 0 Å². The van der Waals surface area contributed by atoms with Gasteiger partial charge in [-0.15, -0.1) is 0 Å². The molecule has 76 valence electrons. The van der Waals surface area contributed by atoms with Gasteiger partial charge in [-0.3, -0.25) is 0 Å². The van der Waals surface area contributed by atoms with Crippen LogP contribution in [-0.2, 0) is 0 Å². The van der Waals surface area contributed by atoms with Crippen molar-refractivity contribution in [1.82, 2.24) is 0 Å². The Morgan fingerprint density at radius 2 is 1.86 bits per heavy atom. The molecule has 14 heavy (non-hydrogen) atoms. The van der Waals surface area contributed by atoms with Gasteiger partial charge in [0.15, 0.2) is 0 Å². The maximum Gasteiger partial charge on any atom is 0.0692 e. The second-order valence-electron chi connectivity index (χ2n) is 5.76. The topological polar surface area (TPSA) is 23.8 Å². The molecule has 3 unspecified atom stereocenters. The number of nitrogens with zero attached hydrogens (tertiary/aromatic N) is 1. The predicted molar refractivity (Wildman–Crippen MR) is 55.5 cm³/mol. The van der Waals surface area contributed by atoms with Crippen molar-refractivity contribution in [3.05, 3.63) is 0 Å². The fraction of sp³-hybridized carbons (Fsp3) is 0.923. The SMILES string of the molecule is N#CC1(C2CC3CCC2C3)CCCC1. The van der Waals surface area contributed by atoms with Crippen LogP contribution in [0.25, 0.3) is 0 Å². The molecular formula is C13H19N. The minimum atomic E-state index is 0.125. The Morgan fingerprint density at radius 3 is 2.36 bits per heavy atom. The van der Waals surface area contributed by atoms with Gasteiger partial charge >= 0.3 is 0 Å². The van der Waals surface area contributed by atoms with Gasteiger partial charge < -0.3 is 0 Å². The molecule has 3 rings (SSSR count). The fourth-order valence-electron chi connectivity index (χ4n) is 4.49. The predicted octanol–water partition coefficient (Wildman–Crippen LogP) is 3.51. The molecule has 0 radical (unpaired) electrons. The maximum absolute atomic E-state index is 9.46. The third-order valence-corrected chi connectivity index (χ3v) is 5.17. The number of rotatable bonds is 1. The fourth-order valence-corrected chi connectivity index (χ4v) is 4.49. The first kappa shape index (κ1) is 8.77. The van der Waals surface area contributed by atoms with Crippen molar-refractivity contribution in [2.24, 2.45) is 23.2 Å². The van der Waals surface area contributed by atoms with Crippen molar-refractivity contribution in [2.45, 2.75) is 51.4 Å². The van der Waals surface area contributed by atoms with Gasteiger partial charge in [0.25, 0.3) is 0 Å². The lowest BCUT2D eigenvalue weighted by atomic mass is 9.68. The molecule has 1 heteroatoms. The van der Waals surface area contributed by atoms with E-state index < -0.39 is 0 Å². The van der Waals surface area contributed by atoms with E-state index in [0.29, 0.717) is 0 Å². The van der Waals surface area contributed by atoms with E-state index in [-0.39, 0.29) is 5.41 Å². The second-order valence-corrected chi connectivity index (χ2v) is 5.76. The highest BCUT2D eigenvalue weighted by Crippen LogP contribution is 2.59. The number of nitriles is 1. The van der Waals surface area contributed by atoms with Crippen LogP contribution in [0.3, 0.4) is 0 Å². The summed E-state index contributed by atoms with van der Waals surface area (Å²) in [6.07, 6.45) is 10.8. The lowest BCUT2D eigenvalue weighted by Gasteiger charge is -2.34. The van der Waals surface area contributed by atoms with Crippen LogP contribution >= 0.6 is 0 Å². The van der Waals surface area contributed by atoms with Crippen molar-refractivity contribution in [1.29, 1.82) is 5.26 Å². The van der Waals surface area contributed by atoms with E-state index in [1.54, 1.807) is 0 Å². The van der Waals surface area contributed by atoms with E-state index >= 15 is 0 Å². The van der Waals surface area contributed by atoms with Gasteiger partial charge in [-0.05, 0) is 49.9 Å². The summed E-state index contributed by atoms with van der Waals surface area (Å²) < 4.78 is 0. The first-order valence-electron chi connectivity index (χ1n) is 6.25. The quantitative estimate of drug-likeness (QED) is 0.619. The summed E-state index contributed by atoms with van der Waals surface area (Å²) in [7, 11) is 0. The molecular weight excluding hydrogens is 170 g/mol. The summed E-state index contributed by atoms with van der Waals surface area (Å²) in [5.41, 5.74) is 0.125. The molecule has 0 heterocycles. The average Bonchev–Trinajstić information content (AvgIpc) is 2.94. The Hall–Kier alpha value is -0.510. The molecule has 0 amide bonds. The summed E-state index contributed by atoms with van der Waals surface area (Å²) in [6.45, 7) is 0. The highest BCUT2D eigenvalue weighted by atomic mass is 14.6. The van der Waals surface area contributed by atoms with Gasteiger partial charge in [0, 0.05) is 0 Å². The molecule has 1 nitrogen and oxygen atoms in total. The van der Waals surface area contributed by atoms with E-state index in [2.05, 4.69) is 6.07 Å². The number of hydrogen-bond donors (Lipinski definition) is 0. The molecule has 0 spiro atoms. The van der Waals surface area contributed by atoms with Gasteiger partial charge in [-0.2, -0.15) is 5.26 Å². The van der Waals surface area contributed by atoms with Crippen molar-refractivity contribution >= 4 is 0 Å². The molecule has 0 saturated heterocycles. The van der Waals surface area contributed by atoms with Crippen molar-refractivity contribution in [2.75, 3.05) is 0 Å². The van der Waals surface area contributed by atoms with Crippen LogP contribution < -0.4 is 0 Å². The monoisotopic (exact) mass is 189 g/mol. The highest BCUT2D eigenvalue weighted by Gasteiger charge is 2.51. The average molecular weight is 189 g/mol. The van der Waals surface area contributed by atoms with Crippen LogP contribution in [0.4, 0.5) is 0 Å². The summed E-state index contributed by atoms with van der Waals surface area (Å²) in [5.74, 6) is 2.71. The maximum atomic E-state index is 9.46. The van der Waals surface area contributed by atoms with Crippen molar-refractivity contribution in [3.8, 4) is 6.07 Å². The third kappa shape index (κ3) is 1.06. The molecule has 0 aliphatic heterocycles. The normalized spacial score (nSPS) is 44.1. The first-order valence-corrected chi connectivity index (χ1v) is 6.25. The minimum absolute atomic E-state index is 0.125. The van der Waals surface area contributed by atoms with Crippen LogP contribution in [0, 0.1) is 34.5 Å². The van der Waals surface area contributed by atoms with Gasteiger partial charge in [-0.1, -0.05) is 19.3 Å². The Balaban J connectivity index is 1.84. The van der Waals surface area contributed by atoms with Gasteiger partial charge in [0.2, 0.25) is 0 Å². The van der Waals surface area contributed by atoms with Crippen LogP contribution in [0.1, 0.15) is 51.4 Å². The van der Waals surface area contributed by atoms with Crippen LogP contribution in [-0.4, -0.2) is 0 Å². The molecule has 3 aliphatic carbocycles. The molecule has 2 bridgehead atoms. The molecule has 3 aliphatic rings. The molecule has 3 saturated carbocycles. The number of fused-ring (bicyclic) bond motifs is 2. The van der Waals surface area contributed by atoms with Gasteiger partial charge in [-0.25, -0.2) is 0 Å². The molecule has 3 fully saturated rings. The zero-order valence-corrected chi connectivity index (χ0v) is 8.84.